The second-order valence-electron chi connectivity index (χ2n) is 6.01. The van der Waals surface area contributed by atoms with Crippen LogP contribution in [-0.4, -0.2) is 13.2 Å². The van der Waals surface area contributed by atoms with Crippen LogP contribution in [0, 0.1) is 5.92 Å². The minimum Gasteiger partial charge on any atom is -0.385 e. The highest BCUT2D eigenvalue weighted by molar-refractivity contribution is 6.83. The lowest BCUT2D eigenvalue weighted by Crippen LogP contribution is -2.38. The van der Waals surface area contributed by atoms with E-state index in [1.807, 2.05) is 37.3 Å². The van der Waals surface area contributed by atoms with Crippen LogP contribution >= 0.6 is 0 Å². The Hall–Kier alpha value is -0.863. The first-order chi connectivity index (χ1) is 7.67. The molecule has 17 heavy (non-hydrogen) atoms. The summed E-state index contributed by atoms with van der Waals surface area (Å²) in [6.07, 6.45) is 0. The number of benzene rings is 1. The molecule has 0 saturated heterocycles. The molecule has 0 bridgehead atoms. The molecular weight excluding hydrogens is 224 g/mol. The first kappa shape index (κ1) is 14.2. The molecule has 1 rings (SSSR count). The molecule has 0 aliphatic carbocycles. The van der Waals surface area contributed by atoms with Gasteiger partial charge in [0, 0.05) is 5.92 Å². The van der Waals surface area contributed by atoms with Crippen molar-refractivity contribution in [2.75, 3.05) is 0 Å². The van der Waals surface area contributed by atoms with Crippen molar-refractivity contribution in [1.82, 2.24) is 0 Å². The van der Waals surface area contributed by atoms with E-state index in [4.69, 9.17) is 0 Å². The van der Waals surface area contributed by atoms with Crippen LogP contribution in [0.4, 0.5) is 0 Å². The Balaban J connectivity index is 3.03. The maximum atomic E-state index is 10.7. The van der Waals surface area contributed by atoms with Crippen LogP contribution in [0.3, 0.4) is 0 Å². The summed E-state index contributed by atoms with van der Waals surface area (Å²) in [7, 11) is -1.42. The zero-order chi connectivity index (χ0) is 13.3. The summed E-state index contributed by atoms with van der Waals surface area (Å²) in [5.41, 5.74) is 0.130. The van der Waals surface area contributed by atoms with Gasteiger partial charge in [-0.05, 0) is 12.5 Å². The molecule has 1 nitrogen and oxygen atoms in total. The van der Waals surface area contributed by atoms with E-state index in [0.717, 1.165) is 5.56 Å². The molecule has 0 heterocycles. The van der Waals surface area contributed by atoms with E-state index >= 15 is 0 Å². The van der Waals surface area contributed by atoms with Crippen molar-refractivity contribution >= 4 is 8.07 Å². The highest BCUT2D eigenvalue weighted by atomic mass is 28.3. The van der Waals surface area contributed by atoms with E-state index in [1.54, 1.807) is 0 Å². The van der Waals surface area contributed by atoms with Gasteiger partial charge in [-0.15, -0.1) is 6.58 Å². The average Bonchev–Trinajstić information content (AvgIpc) is 2.27. The van der Waals surface area contributed by atoms with Gasteiger partial charge in [0.1, 0.15) is 0 Å². The van der Waals surface area contributed by atoms with E-state index in [-0.39, 0.29) is 5.92 Å². The normalized spacial score (nSPS) is 17.3. The molecule has 1 aromatic carbocycles. The number of hydrogen-bond acceptors (Lipinski definition) is 1. The third-order valence-corrected chi connectivity index (χ3v) is 6.05. The first-order valence-corrected chi connectivity index (χ1v) is 9.64. The van der Waals surface area contributed by atoms with Crippen molar-refractivity contribution in [3.05, 3.63) is 47.7 Å². The quantitative estimate of drug-likeness (QED) is 0.800. The van der Waals surface area contributed by atoms with Crippen LogP contribution in [0.5, 0.6) is 0 Å². The summed E-state index contributed by atoms with van der Waals surface area (Å²) in [6.45, 7) is 15.0. The molecular formula is C15H24OSi. The molecule has 2 atom stereocenters. The number of rotatable bonds is 4. The van der Waals surface area contributed by atoms with Crippen molar-refractivity contribution in [2.24, 2.45) is 5.92 Å². The average molecular weight is 248 g/mol. The van der Waals surface area contributed by atoms with Crippen LogP contribution in [0.15, 0.2) is 42.1 Å². The van der Waals surface area contributed by atoms with Gasteiger partial charge < -0.3 is 5.11 Å². The lowest BCUT2D eigenvalue weighted by atomic mass is 9.84. The maximum Gasteiger partial charge on any atom is 0.0927 e. The Labute approximate surface area is 106 Å². The van der Waals surface area contributed by atoms with Gasteiger partial charge in [-0.2, -0.15) is 0 Å². The number of hydrogen-bond donors (Lipinski definition) is 1. The highest BCUT2D eigenvalue weighted by Crippen LogP contribution is 2.36. The van der Waals surface area contributed by atoms with E-state index < -0.39 is 13.7 Å². The molecule has 0 aromatic heterocycles. The zero-order valence-corrected chi connectivity index (χ0v) is 12.6. The van der Waals surface area contributed by atoms with E-state index in [0.29, 0.717) is 0 Å². The predicted molar refractivity (Wildman–Crippen MR) is 77.7 cm³/mol. The van der Waals surface area contributed by atoms with Gasteiger partial charge in [0.25, 0.3) is 0 Å². The van der Waals surface area contributed by atoms with Crippen LogP contribution in [0.1, 0.15) is 19.4 Å². The second-order valence-corrected chi connectivity index (χ2v) is 11.2. The topological polar surface area (TPSA) is 20.2 Å². The highest BCUT2D eigenvalue weighted by Gasteiger charge is 2.36. The summed E-state index contributed by atoms with van der Waals surface area (Å²) in [5.74, 6) is 0.0802. The summed E-state index contributed by atoms with van der Waals surface area (Å²) in [4.78, 5) is 0. The van der Waals surface area contributed by atoms with Crippen molar-refractivity contribution in [1.29, 1.82) is 0 Å². The second kappa shape index (κ2) is 4.79. The summed E-state index contributed by atoms with van der Waals surface area (Å²) in [6, 6.07) is 9.86. The molecule has 94 valence electrons. The van der Waals surface area contributed by atoms with Crippen LogP contribution < -0.4 is 0 Å². The minimum absolute atomic E-state index is 0.0802. The van der Waals surface area contributed by atoms with Crippen molar-refractivity contribution in [3.63, 3.8) is 0 Å². The molecule has 0 aliphatic rings. The van der Waals surface area contributed by atoms with E-state index in [1.165, 1.54) is 5.20 Å². The molecule has 2 unspecified atom stereocenters. The molecule has 0 aliphatic heterocycles. The Morgan fingerprint density at radius 2 is 1.71 bits per heavy atom. The minimum atomic E-state index is -1.42. The van der Waals surface area contributed by atoms with Crippen LogP contribution in [-0.2, 0) is 5.60 Å². The van der Waals surface area contributed by atoms with Crippen LogP contribution in [0.2, 0.25) is 19.6 Å². The molecule has 0 spiro atoms. The molecule has 1 aromatic rings. The Bertz CT molecular complexity index is 387. The van der Waals surface area contributed by atoms with Gasteiger partial charge in [0.2, 0.25) is 0 Å². The smallest absolute Gasteiger partial charge is 0.0927 e. The Morgan fingerprint density at radius 3 is 2.12 bits per heavy atom. The molecule has 0 radical (unpaired) electrons. The third-order valence-electron chi connectivity index (χ3n) is 3.69. The van der Waals surface area contributed by atoms with Crippen molar-refractivity contribution in [3.8, 4) is 0 Å². The standard InChI is InChI=1S/C15H24OSi/c1-12(13(2)17(4,5)6)15(3,16)14-10-8-7-9-11-14/h7-12,16H,2H2,1,3-6H3. The summed E-state index contributed by atoms with van der Waals surface area (Å²) in [5, 5.41) is 12.0. The van der Waals surface area contributed by atoms with Gasteiger partial charge in [-0.25, -0.2) is 0 Å². The Morgan fingerprint density at radius 1 is 1.24 bits per heavy atom. The van der Waals surface area contributed by atoms with E-state index in [2.05, 4.69) is 33.1 Å². The van der Waals surface area contributed by atoms with Gasteiger partial charge in [-0.1, -0.05) is 62.1 Å². The largest absolute Gasteiger partial charge is 0.385 e. The molecule has 2 heteroatoms. The van der Waals surface area contributed by atoms with E-state index in [9.17, 15) is 5.11 Å². The molecule has 0 fully saturated rings. The maximum absolute atomic E-state index is 10.7. The zero-order valence-electron chi connectivity index (χ0n) is 11.6. The first-order valence-electron chi connectivity index (χ1n) is 6.14. The van der Waals surface area contributed by atoms with Crippen LogP contribution in [0.25, 0.3) is 0 Å². The van der Waals surface area contributed by atoms with Gasteiger partial charge >= 0.3 is 0 Å². The molecule has 0 amide bonds. The fourth-order valence-electron chi connectivity index (χ4n) is 2.01. The third kappa shape index (κ3) is 3.08. The fourth-order valence-corrected chi connectivity index (χ4v) is 3.59. The lowest BCUT2D eigenvalue weighted by molar-refractivity contribution is 0.0183. The molecule has 1 N–H and O–H groups in total. The SMILES string of the molecule is C=C(C(C)C(C)(O)c1ccccc1)[Si](C)(C)C. The van der Waals surface area contributed by atoms with Gasteiger partial charge in [0.15, 0.2) is 0 Å². The summed E-state index contributed by atoms with van der Waals surface area (Å²) < 4.78 is 0. The fraction of sp³-hybridized carbons (Fsp3) is 0.467. The monoisotopic (exact) mass is 248 g/mol. The number of aliphatic hydroxyl groups is 1. The predicted octanol–water partition coefficient (Wildman–Crippen LogP) is 3.96. The van der Waals surface area contributed by atoms with Gasteiger partial charge in [-0.3, -0.25) is 0 Å². The van der Waals surface area contributed by atoms with Crippen molar-refractivity contribution in [2.45, 2.75) is 39.1 Å². The summed E-state index contributed by atoms with van der Waals surface area (Å²) >= 11 is 0. The van der Waals surface area contributed by atoms with Crippen molar-refractivity contribution < 1.29 is 5.11 Å². The lowest BCUT2D eigenvalue weighted by Gasteiger charge is -2.36. The molecule has 0 saturated carbocycles. The van der Waals surface area contributed by atoms with Gasteiger partial charge in [0.05, 0.1) is 13.7 Å². The Kier molecular flexibility index (Phi) is 4.00.